The van der Waals surface area contributed by atoms with Gasteiger partial charge in [0.05, 0.1) is 0 Å². The van der Waals surface area contributed by atoms with Crippen molar-refractivity contribution in [3.8, 4) is 5.75 Å². The third-order valence-corrected chi connectivity index (χ3v) is 7.85. The number of rotatable bonds is 5. The van der Waals surface area contributed by atoms with Crippen LogP contribution in [0, 0.1) is 0 Å². The van der Waals surface area contributed by atoms with Gasteiger partial charge in [0.2, 0.25) is 5.91 Å². The molecule has 5 rings (SSSR count). The van der Waals surface area contributed by atoms with Gasteiger partial charge in [-0.25, -0.2) is 0 Å². The maximum absolute atomic E-state index is 13.1. The fourth-order valence-corrected chi connectivity index (χ4v) is 5.70. The zero-order valence-electron chi connectivity index (χ0n) is 20.9. The first-order chi connectivity index (χ1) is 17.5. The Labute approximate surface area is 212 Å². The summed E-state index contributed by atoms with van der Waals surface area (Å²) in [5.74, 6) is 1.08. The Morgan fingerprint density at radius 3 is 2.19 bits per heavy atom. The van der Waals surface area contributed by atoms with Crippen molar-refractivity contribution in [1.29, 1.82) is 0 Å². The van der Waals surface area contributed by atoms with Gasteiger partial charge in [-0.2, -0.15) is 0 Å². The van der Waals surface area contributed by atoms with Crippen LogP contribution in [0.1, 0.15) is 71.8 Å². The predicted octanol–water partition coefficient (Wildman–Crippen LogP) is 3.70. The van der Waals surface area contributed by atoms with Gasteiger partial charge in [-0.3, -0.25) is 19.7 Å². The summed E-state index contributed by atoms with van der Waals surface area (Å²) in [4.78, 5) is 40.7. The van der Waals surface area contributed by atoms with Gasteiger partial charge in [-0.05, 0) is 86.5 Å². The number of imide groups is 1. The van der Waals surface area contributed by atoms with Crippen LogP contribution in [-0.4, -0.2) is 66.9 Å². The summed E-state index contributed by atoms with van der Waals surface area (Å²) >= 11 is 0. The van der Waals surface area contributed by atoms with Crippen LogP contribution in [0.2, 0.25) is 0 Å². The van der Waals surface area contributed by atoms with Crippen molar-refractivity contribution in [1.82, 2.24) is 15.1 Å². The van der Waals surface area contributed by atoms with E-state index in [4.69, 9.17) is 4.74 Å². The molecule has 7 heteroatoms. The summed E-state index contributed by atoms with van der Waals surface area (Å²) in [5, 5.41) is 2.32. The predicted molar refractivity (Wildman–Crippen MR) is 137 cm³/mol. The van der Waals surface area contributed by atoms with Gasteiger partial charge in [0.1, 0.15) is 5.75 Å². The lowest BCUT2D eigenvalue weighted by atomic mass is 9.88. The number of hydrogen-bond donors (Lipinski definition) is 1. The van der Waals surface area contributed by atoms with E-state index < -0.39 is 6.10 Å². The molecule has 190 valence electrons. The van der Waals surface area contributed by atoms with E-state index in [2.05, 4.69) is 29.4 Å². The third kappa shape index (κ3) is 5.62. The lowest BCUT2D eigenvalue weighted by Crippen LogP contribution is -2.46. The fourth-order valence-electron chi connectivity index (χ4n) is 5.70. The van der Waals surface area contributed by atoms with E-state index in [9.17, 15) is 14.4 Å². The fraction of sp³-hybridized carbons (Fsp3) is 0.483. The maximum Gasteiger partial charge on any atom is 0.267 e. The quantitative estimate of drug-likeness (QED) is 0.648. The SMILES string of the molecule is CN1CCC[C@H](c2ccc(C(=O)N3CCC(c4ccc(OC5CCC(=O)NC5=O)cc4)CC3)cc2)C1. The van der Waals surface area contributed by atoms with Crippen LogP contribution in [0.5, 0.6) is 5.75 Å². The molecule has 0 bridgehead atoms. The number of carbonyl (C=O) groups excluding carboxylic acids is 3. The third-order valence-electron chi connectivity index (χ3n) is 7.85. The number of ether oxygens (including phenoxy) is 1. The Bertz CT molecular complexity index is 1090. The average Bonchev–Trinajstić information content (AvgIpc) is 2.90. The van der Waals surface area contributed by atoms with Gasteiger partial charge < -0.3 is 14.5 Å². The highest BCUT2D eigenvalue weighted by Gasteiger charge is 2.29. The molecule has 3 heterocycles. The number of likely N-dealkylation sites (tertiary alicyclic amines) is 2. The van der Waals surface area contributed by atoms with E-state index >= 15 is 0 Å². The second kappa shape index (κ2) is 10.8. The molecule has 7 nitrogen and oxygen atoms in total. The van der Waals surface area contributed by atoms with E-state index in [1.165, 1.54) is 30.5 Å². The summed E-state index contributed by atoms with van der Waals surface area (Å²) in [6, 6.07) is 16.2. The highest BCUT2D eigenvalue weighted by molar-refractivity contribution is 5.99. The smallest absolute Gasteiger partial charge is 0.267 e. The molecule has 0 saturated carbocycles. The van der Waals surface area contributed by atoms with Crippen molar-refractivity contribution in [2.75, 3.05) is 33.2 Å². The minimum Gasteiger partial charge on any atom is -0.481 e. The van der Waals surface area contributed by atoms with Crippen molar-refractivity contribution in [2.24, 2.45) is 0 Å². The number of benzene rings is 2. The molecule has 1 unspecified atom stereocenters. The normalized spacial score (nSPS) is 23.9. The average molecular weight is 490 g/mol. The Hall–Kier alpha value is -3.19. The zero-order valence-corrected chi connectivity index (χ0v) is 20.9. The first kappa shape index (κ1) is 24.5. The van der Waals surface area contributed by atoms with Crippen LogP contribution in [0.4, 0.5) is 0 Å². The monoisotopic (exact) mass is 489 g/mol. The van der Waals surface area contributed by atoms with Crippen molar-refractivity contribution >= 4 is 17.7 Å². The number of piperidine rings is 3. The molecular formula is C29H35N3O4. The summed E-state index contributed by atoms with van der Waals surface area (Å²) in [5.41, 5.74) is 3.33. The Balaban J connectivity index is 1.12. The highest BCUT2D eigenvalue weighted by Crippen LogP contribution is 2.31. The van der Waals surface area contributed by atoms with E-state index in [1.54, 1.807) is 0 Å². The van der Waals surface area contributed by atoms with Crippen molar-refractivity contribution in [3.05, 3.63) is 65.2 Å². The number of amides is 3. The topological polar surface area (TPSA) is 79.0 Å². The molecule has 3 aliphatic rings. The maximum atomic E-state index is 13.1. The molecule has 2 atom stereocenters. The second-order valence-electron chi connectivity index (χ2n) is 10.4. The van der Waals surface area contributed by atoms with Crippen LogP contribution < -0.4 is 10.1 Å². The molecule has 3 amide bonds. The molecule has 0 aromatic heterocycles. The van der Waals surface area contributed by atoms with E-state index in [0.29, 0.717) is 30.4 Å². The van der Waals surface area contributed by atoms with Gasteiger partial charge in [0.15, 0.2) is 6.10 Å². The molecule has 1 N–H and O–H groups in total. The van der Waals surface area contributed by atoms with Gasteiger partial charge in [0, 0.05) is 38.0 Å². The molecular weight excluding hydrogens is 454 g/mol. The number of nitrogens with one attached hydrogen (secondary N) is 1. The summed E-state index contributed by atoms with van der Waals surface area (Å²) in [6.07, 6.45) is 4.37. The molecule has 3 fully saturated rings. The molecule has 2 aromatic carbocycles. The minimum atomic E-state index is -0.624. The summed E-state index contributed by atoms with van der Waals surface area (Å²) in [6.45, 7) is 3.74. The Morgan fingerprint density at radius 2 is 1.53 bits per heavy atom. The number of carbonyl (C=O) groups is 3. The molecule has 3 saturated heterocycles. The molecule has 0 radical (unpaired) electrons. The highest BCUT2D eigenvalue weighted by atomic mass is 16.5. The summed E-state index contributed by atoms with van der Waals surface area (Å²) in [7, 11) is 2.18. The lowest BCUT2D eigenvalue weighted by molar-refractivity contribution is -0.138. The van der Waals surface area contributed by atoms with Gasteiger partial charge in [0.25, 0.3) is 11.8 Å². The lowest BCUT2D eigenvalue weighted by Gasteiger charge is -2.33. The van der Waals surface area contributed by atoms with E-state index in [1.807, 2.05) is 41.3 Å². The van der Waals surface area contributed by atoms with Crippen molar-refractivity contribution in [3.63, 3.8) is 0 Å². The standard InChI is InChI=1S/C29H35N3O4/c1-31-16-2-3-24(19-31)21-4-6-23(7-5-21)29(35)32-17-14-22(15-18-32)20-8-10-25(11-9-20)36-26-12-13-27(33)30-28(26)34/h4-11,22,24,26H,2-3,12-19H2,1H3,(H,30,33,34)/t24-,26?/m0/s1. The van der Waals surface area contributed by atoms with Crippen LogP contribution in [0.3, 0.4) is 0 Å². The molecule has 3 aliphatic heterocycles. The molecule has 0 spiro atoms. The van der Waals surface area contributed by atoms with Crippen molar-refractivity contribution < 1.29 is 19.1 Å². The number of hydrogen-bond acceptors (Lipinski definition) is 5. The van der Waals surface area contributed by atoms with Crippen molar-refractivity contribution in [2.45, 2.75) is 56.5 Å². The van der Waals surface area contributed by atoms with Crippen LogP contribution in [-0.2, 0) is 9.59 Å². The second-order valence-corrected chi connectivity index (χ2v) is 10.4. The minimum absolute atomic E-state index is 0.119. The molecule has 36 heavy (non-hydrogen) atoms. The van der Waals surface area contributed by atoms with Gasteiger partial charge in [-0.1, -0.05) is 24.3 Å². The first-order valence-electron chi connectivity index (χ1n) is 13.1. The van der Waals surface area contributed by atoms with Crippen LogP contribution >= 0.6 is 0 Å². The van der Waals surface area contributed by atoms with Gasteiger partial charge >= 0.3 is 0 Å². The van der Waals surface area contributed by atoms with E-state index in [-0.39, 0.29) is 17.7 Å². The molecule has 2 aromatic rings. The summed E-state index contributed by atoms with van der Waals surface area (Å²) < 4.78 is 5.79. The molecule has 0 aliphatic carbocycles. The Kier molecular flexibility index (Phi) is 7.37. The largest absolute Gasteiger partial charge is 0.481 e. The first-order valence-corrected chi connectivity index (χ1v) is 13.1. The Morgan fingerprint density at radius 1 is 0.861 bits per heavy atom. The van der Waals surface area contributed by atoms with E-state index in [0.717, 1.165) is 38.0 Å². The number of likely N-dealkylation sites (N-methyl/N-ethyl adjacent to an activating group) is 1. The van der Waals surface area contributed by atoms with Gasteiger partial charge in [-0.15, -0.1) is 0 Å². The van der Waals surface area contributed by atoms with Crippen LogP contribution in [0.25, 0.3) is 0 Å². The van der Waals surface area contributed by atoms with Crippen LogP contribution in [0.15, 0.2) is 48.5 Å². The zero-order chi connectivity index (χ0) is 25.1. The number of nitrogens with zero attached hydrogens (tertiary/aromatic N) is 2.